The van der Waals surface area contributed by atoms with Gasteiger partial charge in [0.15, 0.2) is 0 Å². The van der Waals surface area contributed by atoms with Gasteiger partial charge in [0.25, 0.3) is 5.91 Å². The topological polar surface area (TPSA) is 73.1 Å². The maximum atomic E-state index is 12.0. The molecule has 1 aliphatic rings. The number of nitrogens with zero attached hydrogens (tertiary/aromatic N) is 1. The molecule has 0 aliphatic heterocycles. The predicted octanol–water partition coefficient (Wildman–Crippen LogP) is 2.96. The van der Waals surface area contributed by atoms with Gasteiger partial charge in [0.05, 0.1) is 3.57 Å². The number of halogens is 1. The summed E-state index contributed by atoms with van der Waals surface area (Å²) in [7, 11) is 0. The van der Waals surface area contributed by atoms with E-state index < -0.39 is 0 Å². The Bertz CT molecular complexity index is 584. The first-order valence-corrected chi connectivity index (χ1v) is 7.59. The molecule has 0 radical (unpaired) electrons. The van der Waals surface area contributed by atoms with E-state index in [0.29, 0.717) is 3.57 Å². The lowest BCUT2D eigenvalue weighted by molar-refractivity contribution is -0.117. The number of aromatic hydroxyl groups is 1. The van der Waals surface area contributed by atoms with Gasteiger partial charge in [-0.2, -0.15) is 5.26 Å². The molecule has 0 heterocycles. The average Bonchev–Trinajstić information content (AvgIpc) is 2.92. The van der Waals surface area contributed by atoms with Gasteiger partial charge in [0, 0.05) is 6.04 Å². The van der Waals surface area contributed by atoms with Crippen LogP contribution < -0.4 is 5.32 Å². The molecule has 4 nitrogen and oxygen atoms in total. The zero-order chi connectivity index (χ0) is 14.5. The summed E-state index contributed by atoms with van der Waals surface area (Å²) >= 11 is 2.00. The van der Waals surface area contributed by atoms with Gasteiger partial charge in [-0.1, -0.05) is 18.9 Å². The summed E-state index contributed by atoms with van der Waals surface area (Å²) in [4.78, 5) is 12.0. The molecule has 1 aromatic carbocycles. The third-order valence-corrected chi connectivity index (χ3v) is 4.20. The number of hydrogen-bond donors (Lipinski definition) is 2. The van der Waals surface area contributed by atoms with Gasteiger partial charge in [-0.3, -0.25) is 4.79 Å². The predicted molar refractivity (Wildman–Crippen MR) is 84.8 cm³/mol. The molecule has 0 spiro atoms. The van der Waals surface area contributed by atoms with Crippen LogP contribution in [-0.4, -0.2) is 17.1 Å². The largest absolute Gasteiger partial charge is 0.507 e. The summed E-state index contributed by atoms with van der Waals surface area (Å²) in [6.07, 6.45) is 5.79. The van der Waals surface area contributed by atoms with Crippen LogP contribution in [0.5, 0.6) is 5.75 Å². The van der Waals surface area contributed by atoms with E-state index in [1.165, 1.54) is 0 Å². The lowest BCUT2D eigenvalue weighted by atomic mass is 10.1. The third kappa shape index (κ3) is 3.73. The van der Waals surface area contributed by atoms with Gasteiger partial charge in [-0.25, -0.2) is 0 Å². The van der Waals surface area contributed by atoms with Crippen molar-refractivity contribution < 1.29 is 9.90 Å². The minimum Gasteiger partial charge on any atom is -0.507 e. The van der Waals surface area contributed by atoms with Crippen LogP contribution in [-0.2, 0) is 4.79 Å². The van der Waals surface area contributed by atoms with Crippen LogP contribution in [0.2, 0.25) is 0 Å². The van der Waals surface area contributed by atoms with Gasteiger partial charge in [-0.05, 0) is 59.2 Å². The smallest absolute Gasteiger partial charge is 0.262 e. The maximum Gasteiger partial charge on any atom is 0.262 e. The van der Waals surface area contributed by atoms with Crippen molar-refractivity contribution in [2.45, 2.75) is 31.7 Å². The van der Waals surface area contributed by atoms with E-state index in [2.05, 4.69) is 5.32 Å². The number of benzene rings is 1. The number of phenols is 1. The summed E-state index contributed by atoms with van der Waals surface area (Å²) in [5, 5.41) is 21.5. The van der Waals surface area contributed by atoms with Crippen LogP contribution >= 0.6 is 22.6 Å². The van der Waals surface area contributed by atoms with E-state index in [4.69, 9.17) is 5.26 Å². The van der Waals surface area contributed by atoms with Crippen LogP contribution in [0.4, 0.5) is 0 Å². The van der Waals surface area contributed by atoms with Crippen molar-refractivity contribution in [3.05, 3.63) is 32.9 Å². The lowest BCUT2D eigenvalue weighted by Crippen LogP contribution is -2.33. The number of carbonyl (C=O) groups is 1. The van der Waals surface area contributed by atoms with Crippen molar-refractivity contribution >= 4 is 34.6 Å². The van der Waals surface area contributed by atoms with Crippen LogP contribution in [0.1, 0.15) is 31.2 Å². The Hall–Kier alpha value is -1.55. The van der Waals surface area contributed by atoms with E-state index in [9.17, 15) is 9.90 Å². The highest BCUT2D eigenvalue weighted by Gasteiger charge is 2.19. The lowest BCUT2D eigenvalue weighted by Gasteiger charge is -2.11. The highest BCUT2D eigenvalue weighted by atomic mass is 127. The van der Waals surface area contributed by atoms with Crippen LogP contribution in [0, 0.1) is 14.9 Å². The van der Waals surface area contributed by atoms with Crippen molar-refractivity contribution in [1.82, 2.24) is 5.32 Å². The minimum absolute atomic E-state index is 0.0957. The number of phenolic OH excluding ortho intramolecular Hbond substituents is 1. The zero-order valence-corrected chi connectivity index (χ0v) is 13.1. The summed E-state index contributed by atoms with van der Waals surface area (Å²) in [5.74, 6) is -0.126. The number of rotatable bonds is 3. The van der Waals surface area contributed by atoms with E-state index in [0.717, 1.165) is 31.2 Å². The van der Waals surface area contributed by atoms with E-state index in [-0.39, 0.29) is 23.3 Å². The molecular weight excluding hydrogens is 367 g/mol. The number of nitrogens with one attached hydrogen (secondary N) is 1. The molecule has 0 saturated heterocycles. The number of amides is 1. The Kier molecular flexibility index (Phi) is 5.01. The van der Waals surface area contributed by atoms with E-state index in [1.54, 1.807) is 24.3 Å². The summed E-state index contributed by atoms with van der Waals surface area (Å²) < 4.78 is 0.685. The molecule has 0 aromatic heterocycles. The van der Waals surface area contributed by atoms with Crippen molar-refractivity contribution in [2.75, 3.05) is 0 Å². The van der Waals surface area contributed by atoms with E-state index >= 15 is 0 Å². The SMILES string of the molecule is N#C/C(=C/c1ccc(O)c(I)c1)C(=O)NC1CCCC1. The van der Waals surface area contributed by atoms with Gasteiger partial charge in [-0.15, -0.1) is 0 Å². The molecule has 104 valence electrons. The second-order valence-corrected chi connectivity index (χ2v) is 6.00. The Morgan fingerprint density at radius 3 is 2.75 bits per heavy atom. The second kappa shape index (κ2) is 6.75. The Labute approximate surface area is 131 Å². The molecule has 1 amide bonds. The van der Waals surface area contributed by atoms with Crippen molar-refractivity contribution in [3.63, 3.8) is 0 Å². The first kappa shape index (κ1) is 14.9. The molecular formula is C15H15IN2O2. The first-order valence-electron chi connectivity index (χ1n) is 6.51. The minimum atomic E-state index is -0.317. The molecule has 0 unspecified atom stereocenters. The Balaban J connectivity index is 2.13. The zero-order valence-electron chi connectivity index (χ0n) is 10.9. The monoisotopic (exact) mass is 382 g/mol. The molecule has 1 saturated carbocycles. The fraction of sp³-hybridized carbons (Fsp3) is 0.333. The average molecular weight is 382 g/mol. The normalized spacial score (nSPS) is 15.9. The molecule has 20 heavy (non-hydrogen) atoms. The molecule has 0 atom stereocenters. The highest BCUT2D eigenvalue weighted by molar-refractivity contribution is 14.1. The first-order chi connectivity index (χ1) is 9.60. The fourth-order valence-corrected chi connectivity index (χ4v) is 2.80. The van der Waals surface area contributed by atoms with Crippen molar-refractivity contribution in [1.29, 1.82) is 5.26 Å². The van der Waals surface area contributed by atoms with Gasteiger partial charge < -0.3 is 10.4 Å². The molecule has 1 aliphatic carbocycles. The fourth-order valence-electron chi connectivity index (χ4n) is 2.26. The number of nitriles is 1. The Morgan fingerprint density at radius 1 is 1.45 bits per heavy atom. The van der Waals surface area contributed by atoms with Crippen LogP contribution in [0.25, 0.3) is 6.08 Å². The van der Waals surface area contributed by atoms with Crippen LogP contribution in [0.15, 0.2) is 23.8 Å². The number of hydrogen-bond acceptors (Lipinski definition) is 3. The highest BCUT2D eigenvalue weighted by Crippen LogP contribution is 2.22. The molecule has 2 N–H and O–H groups in total. The second-order valence-electron chi connectivity index (χ2n) is 4.84. The van der Waals surface area contributed by atoms with Gasteiger partial charge in [0.1, 0.15) is 17.4 Å². The quantitative estimate of drug-likeness (QED) is 0.480. The summed E-state index contributed by atoms with van der Waals surface area (Å²) in [5.41, 5.74) is 0.823. The molecule has 1 aromatic rings. The van der Waals surface area contributed by atoms with Gasteiger partial charge in [0.2, 0.25) is 0 Å². The molecule has 0 bridgehead atoms. The summed E-state index contributed by atoms with van der Waals surface area (Å²) in [6.45, 7) is 0. The van der Waals surface area contributed by atoms with Gasteiger partial charge >= 0.3 is 0 Å². The van der Waals surface area contributed by atoms with Crippen molar-refractivity contribution in [2.24, 2.45) is 0 Å². The Morgan fingerprint density at radius 2 is 2.15 bits per heavy atom. The molecule has 2 rings (SSSR count). The maximum absolute atomic E-state index is 12.0. The van der Waals surface area contributed by atoms with E-state index in [1.807, 2.05) is 28.7 Å². The van der Waals surface area contributed by atoms with Crippen molar-refractivity contribution in [3.8, 4) is 11.8 Å². The molecule has 1 fully saturated rings. The standard InChI is InChI=1S/C15H15IN2O2/c16-13-8-10(5-6-14(13)19)7-11(9-17)15(20)18-12-3-1-2-4-12/h5-8,12,19H,1-4H2,(H,18,20)/b11-7-. The molecule has 5 heteroatoms. The third-order valence-electron chi connectivity index (χ3n) is 3.34. The number of carbonyl (C=O) groups excluding carboxylic acids is 1. The summed E-state index contributed by atoms with van der Waals surface area (Å²) in [6, 6.07) is 7.10. The van der Waals surface area contributed by atoms with Crippen LogP contribution in [0.3, 0.4) is 0 Å².